The summed E-state index contributed by atoms with van der Waals surface area (Å²) in [7, 11) is 0. The number of ether oxygens (including phenoxy) is 1. The molecule has 0 saturated carbocycles. The number of cyclic esters (lactones) is 1. The van der Waals surface area contributed by atoms with Crippen LogP contribution in [0.15, 0.2) is 12.2 Å². The van der Waals surface area contributed by atoms with Crippen molar-refractivity contribution in [1.82, 2.24) is 0 Å². The predicted octanol–water partition coefficient (Wildman–Crippen LogP) is 1.41. The lowest BCUT2D eigenvalue weighted by molar-refractivity contribution is -0.144. The summed E-state index contributed by atoms with van der Waals surface area (Å²) in [5.74, 6) is -0.224. The molecular formula is C10H16O3. The summed E-state index contributed by atoms with van der Waals surface area (Å²) in [6.07, 6.45) is 8.03. The Morgan fingerprint density at radius 2 is 2.31 bits per heavy atom. The van der Waals surface area contributed by atoms with Crippen LogP contribution >= 0.6 is 0 Å². The fourth-order valence-electron chi connectivity index (χ4n) is 1.41. The van der Waals surface area contributed by atoms with E-state index in [1.807, 2.05) is 6.08 Å². The minimum Gasteiger partial charge on any atom is -0.459 e. The highest BCUT2D eigenvalue weighted by atomic mass is 16.5. The first-order valence-corrected chi connectivity index (χ1v) is 4.81. The van der Waals surface area contributed by atoms with Crippen molar-refractivity contribution >= 4 is 5.97 Å². The van der Waals surface area contributed by atoms with Crippen molar-refractivity contribution in [3.63, 3.8) is 0 Å². The molecule has 1 aliphatic rings. The van der Waals surface area contributed by atoms with E-state index in [-0.39, 0.29) is 18.7 Å². The summed E-state index contributed by atoms with van der Waals surface area (Å²) in [5.41, 5.74) is 0. The molecule has 0 aromatic carbocycles. The van der Waals surface area contributed by atoms with Crippen LogP contribution in [-0.2, 0) is 9.53 Å². The molecule has 0 bridgehead atoms. The topological polar surface area (TPSA) is 46.5 Å². The van der Waals surface area contributed by atoms with Gasteiger partial charge in [-0.15, -0.1) is 0 Å². The van der Waals surface area contributed by atoms with Gasteiger partial charge in [0.2, 0.25) is 0 Å². The highest BCUT2D eigenvalue weighted by molar-refractivity contribution is 5.82. The van der Waals surface area contributed by atoms with E-state index in [0.717, 1.165) is 32.1 Å². The molecule has 1 heterocycles. The van der Waals surface area contributed by atoms with Crippen LogP contribution < -0.4 is 0 Å². The van der Waals surface area contributed by atoms with Gasteiger partial charge in [0, 0.05) is 19.1 Å². The fraction of sp³-hybridized carbons (Fsp3) is 0.700. The van der Waals surface area contributed by atoms with E-state index in [9.17, 15) is 4.79 Å². The highest BCUT2D eigenvalue weighted by Gasteiger charge is 2.14. The summed E-state index contributed by atoms with van der Waals surface area (Å²) in [4.78, 5) is 10.8. The van der Waals surface area contributed by atoms with Crippen molar-refractivity contribution in [3.8, 4) is 0 Å². The standard InChI is InChI=1S/C10H16O3/c11-8-3-1-2-5-9-6-4-7-10(12)13-9/h4,7,9,11H,1-3,5-6,8H2/t9-/m1/s1. The lowest BCUT2D eigenvalue weighted by atomic mass is 10.1. The Morgan fingerprint density at radius 1 is 1.46 bits per heavy atom. The maximum absolute atomic E-state index is 10.8. The molecule has 1 atom stereocenters. The molecule has 0 spiro atoms. The zero-order valence-corrected chi connectivity index (χ0v) is 7.74. The van der Waals surface area contributed by atoms with Gasteiger partial charge in [-0.1, -0.05) is 12.5 Å². The second-order valence-electron chi connectivity index (χ2n) is 3.27. The Balaban J connectivity index is 2.08. The van der Waals surface area contributed by atoms with Crippen LogP contribution in [0.3, 0.4) is 0 Å². The normalized spacial score (nSPS) is 21.6. The highest BCUT2D eigenvalue weighted by Crippen LogP contribution is 2.14. The first-order chi connectivity index (χ1) is 6.33. The first-order valence-electron chi connectivity index (χ1n) is 4.81. The molecule has 0 radical (unpaired) electrons. The predicted molar refractivity (Wildman–Crippen MR) is 49.2 cm³/mol. The Kier molecular flexibility index (Phi) is 4.54. The van der Waals surface area contributed by atoms with Crippen LogP contribution in [0.4, 0.5) is 0 Å². The van der Waals surface area contributed by atoms with Crippen molar-refractivity contribution in [2.45, 2.75) is 38.2 Å². The monoisotopic (exact) mass is 184 g/mol. The fourth-order valence-corrected chi connectivity index (χ4v) is 1.41. The summed E-state index contributed by atoms with van der Waals surface area (Å²) in [6, 6.07) is 0. The average molecular weight is 184 g/mol. The Morgan fingerprint density at radius 3 is 3.00 bits per heavy atom. The number of hydrogen-bond donors (Lipinski definition) is 1. The summed E-state index contributed by atoms with van der Waals surface area (Å²) in [6.45, 7) is 0.254. The van der Waals surface area contributed by atoms with Gasteiger partial charge in [0.05, 0.1) is 0 Å². The van der Waals surface area contributed by atoms with Gasteiger partial charge in [0.15, 0.2) is 0 Å². The van der Waals surface area contributed by atoms with E-state index in [0.29, 0.717) is 0 Å². The number of hydrogen-bond acceptors (Lipinski definition) is 3. The number of unbranched alkanes of at least 4 members (excludes halogenated alkanes) is 2. The molecule has 0 aromatic rings. The largest absolute Gasteiger partial charge is 0.459 e. The van der Waals surface area contributed by atoms with E-state index >= 15 is 0 Å². The molecule has 0 aromatic heterocycles. The molecule has 1 N–H and O–H groups in total. The van der Waals surface area contributed by atoms with Gasteiger partial charge < -0.3 is 9.84 Å². The van der Waals surface area contributed by atoms with Gasteiger partial charge in [-0.05, 0) is 19.3 Å². The first kappa shape index (κ1) is 10.3. The smallest absolute Gasteiger partial charge is 0.330 e. The van der Waals surface area contributed by atoms with Crippen molar-refractivity contribution in [2.24, 2.45) is 0 Å². The van der Waals surface area contributed by atoms with Gasteiger partial charge >= 0.3 is 5.97 Å². The molecule has 0 fully saturated rings. The zero-order valence-electron chi connectivity index (χ0n) is 7.74. The quantitative estimate of drug-likeness (QED) is 0.519. The van der Waals surface area contributed by atoms with E-state index < -0.39 is 0 Å². The van der Waals surface area contributed by atoms with Crippen LogP contribution in [0.25, 0.3) is 0 Å². The molecule has 0 aliphatic carbocycles. The van der Waals surface area contributed by atoms with Crippen molar-refractivity contribution < 1.29 is 14.6 Å². The maximum atomic E-state index is 10.8. The second-order valence-corrected chi connectivity index (χ2v) is 3.27. The van der Waals surface area contributed by atoms with Crippen LogP contribution in [0.1, 0.15) is 32.1 Å². The summed E-state index contributed by atoms with van der Waals surface area (Å²) < 4.78 is 5.08. The van der Waals surface area contributed by atoms with Gasteiger partial charge in [-0.3, -0.25) is 0 Å². The van der Waals surface area contributed by atoms with Gasteiger partial charge in [0.25, 0.3) is 0 Å². The molecule has 3 nitrogen and oxygen atoms in total. The van der Waals surface area contributed by atoms with Crippen molar-refractivity contribution in [3.05, 3.63) is 12.2 Å². The number of aliphatic hydroxyl groups excluding tert-OH is 1. The molecule has 13 heavy (non-hydrogen) atoms. The third-order valence-corrected chi connectivity index (χ3v) is 2.12. The average Bonchev–Trinajstić information content (AvgIpc) is 2.13. The van der Waals surface area contributed by atoms with E-state index in [1.165, 1.54) is 6.08 Å². The summed E-state index contributed by atoms with van der Waals surface area (Å²) in [5, 5.41) is 8.55. The molecule has 3 heteroatoms. The molecular weight excluding hydrogens is 168 g/mol. The van der Waals surface area contributed by atoms with Crippen molar-refractivity contribution in [1.29, 1.82) is 0 Å². The molecule has 1 aliphatic heterocycles. The number of carbonyl (C=O) groups excluding carboxylic acids is 1. The minimum absolute atomic E-state index is 0.0659. The van der Waals surface area contributed by atoms with E-state index in [2.05, 4.69) is 0 Å². The van der Waals surface area contributed by atoms with Crippen molar-refractivity contribution in [2.75, 3.05) is 6.61 Å². The van der Waals surface area contributed by atoms with Crippen LogP contribution in [0.5, 0.6) is 0 Å². The molecule has 74 valence electrons. The molecule has 0 unspecified atom stereocenters. The number of esters is 1. The Labute approximate surface area is 78.4 Å². The molecule has 0 saturated heterocycles. The molecule has 1 rings (SSSR count). The Hall–Kier alpha value is -0.830. The Bertz CT molecular complexity index is 187. The van der Waals surface area contributed by atoms with Gasteiger partial charge in [0.1, 0.15) is 6.10 Å². The number of aliphatic hydroxyl groups is 1. The maximum Gasteiger partial charge on any atom is 0.330 e. The zero-order chi connectivity index (χ0) is 9.52. The third-order valence-electron chi connectivity index (χ3n) is 2.12. The molecule has 0 amide bonds. The van der Waals surface area contributed by atoms with E-state index in [1.54, 1.807) is 0 Å². The van der Waals surface area contributed by atoms with Gasteiger partial charge in [-0.25, -0.2) is 4.79 Å². The van der Waals surface area contributed by atoms with Crippen LogP contribution in [0, 0.1) is 0 Å². The number of carbonyl (C=O) groups is 1. The van der Waals surface area contributed by atoms with Gasteiger partial charge in [-0.2, -0.15) is 0 Å². The van der Waals surface area contributed by atoms with E-state index in [4.69, 9.17) is 9.84 Å². The van der Waals surface area contributed by atoms with Crippen LogP contribution in [0.2, 0.25) is 0 Å². The lowest BCUT2D eigenvalue weighted by Gasteiger charge is -2.18. The SMILES string of the molecule is O=C1C=CC[C@@H](CCCCCO)O1. The third kappa shape index (κ3) is 4.08. The number of rotatable bonds is 5. The lowest BCUT2D eigenvalue weighted by Crippen LogP contribution is -2.19. The summed E-state index contributed by atoms with van der Waals surface area (Å²) >= 11 is 0. The second kappa shape index (κ2) is 5.75. The van der Waals surface area contributed by atoms with Crippen LogP contribution in [-0.4, -0.2) is 23.8 Å². The minimum atomic E-state index is -0.224.